The van der Waals surface area contributed by atoms with Crippen LogP contribution in [0.3, 0.4) is 0 Å². The topological polar surface area (TPSA) is 74.3 Å². The molecule has 1 aliphatic rings. The zero-order valence-electron chi connectivity index (χ0n) is 16.7. The summed E-state index contributed by atoms with van der Waals surface area (Å²) in [6.07, 6.45) is 6.78. The molecule has 154 valence electrons. The van der Waals surface area contributed by atoms with Gasteiger partial charge in [-0.1, -0.05) is 42.6 Å². The van der Waals surface area contributed by atoms with Crippen LogP contribution in [-0.4, -0.2) is 35.9 Å². The van der Waals surface area contributed by atoms with E-state index in [1.165, 1.54) is 25.7 Å². The van der Waals surface area contributed by atoms with Crippen molar-refractivity contribution in [2.45, 2.75) is 45.2 Å². The quantitative estimate of drug-likeness (QED) is 0.758. The number of hydrogen-bond acceptors (Lipinski definition) is 4. The second-order valence-electron chi connectivity index (χ2n) is 7.32. The predicted molar refractivity (Wildman–Crippen MR) is 115 cm³/mol. The van der Waals surface area contributed by atoms with E-state index in [1.54, 1.807) is 37.4 Å². The highest BCUT2D eigenvalue weighted by Crippen LogP contribution is 2.17. The molecule has 0 saturated carbocycles. The molecule has 3 rings (SSSR count). The summed E-state index contributed by atoms with van der Waals surface area (Å²) < 4.78 is 0. The Balaban J connectivity index is 1.49. The first kappa shape index (κ1) is 21.1. The van der Waals surface area contributed by atoms with Crippen LogP contribution >= 0.6 is 11.6 Å². The number of halogens is 1. The minimum atomic E-state index is -0.678. The fourth-order valence-electron chi connectivity index (χ4n) is 3.34. The van der Waals surface area contributed by atoms with Crippen LogP contribution in [0.2, 0.25) is 5.02 Å². The molecule has 1 atom stereocenters. The van der Waals surface area contributed by atoms with E-state index < -0.39 is 6.04 Å². The summed E-state index contributed by atoms with van der Waals surface area (Å²) in [6, 6.07) is 10.1. The third-order valence-electron chi connectivity index (χ3n) is 5.07. The highest BCUT2D eigenvalue weighted by atomic mass is 35.5. The van der Waals surface area contributed by atoms with Crippen molar-refractivity contribution in [3.63, 3.8) is 0 Å². The lowest BCUT2D eigenvalue weighted by Crippen LogP contribution is -2.44. The fraction of sp³-hybridized carbons (Fsp3) is 0.409. The van der Waals surface area contributed by atoms with Crippen molar-refractivity contribution in [2.24, 2.45) is 0 Å². The van der Waals surface area contributed by atoms with Crippen molar-refractivity contribution < 1.29 is 9.59 Å². The highest BCUT2D eigenvalue weighted by Gasteiger charge is 2.18. The van der Waals surface area contributed by atoms with Gasteiger partial charge in [0.25, 0.3) is 5.91 Å². The van der Waals surface area contributed by atoms with E-state index in [0.717, 1.165) is 24.5 Å². The lowest BCUT2D eigenvalue weighted by Gasteiger charge is -2.21. The number of nitrogens with zero attached hydrogens (tertiary/aromatic N) is 2. The number of aromatic nitrogens is 1. The van der Waals surface area contributed by atoms with Crippen LogP contribution in [0.25, 0.3) is 0 Å². The number of rotatable bonds is 6. The average molecular weight is 415 g/mol. The lowest BCUT2D eigenvalue weighted by atomic mass is 10.2. The molecular formula is C22H27ClN4O2. The maximum atomic E-state index is 12.3. The number of anilines is 1. The molecule has 0 radical (unpaired) electrons. The van der Waals surface area contributed by atoms with Crippen LogP contribution < -0.4 is 15.5 Å². The molecule has 1 aromatic heterocycles. The number of pyridine rings is 1. The molecule has 2 amide bonds. The van der Waals surface area contributed by atoms with Gasteiger partial charge in [0, 0.05) is 25.8 Å². The summed E-state index contributed by atoms with van der Waals surface area (Å²) in [7, 11) is 0. The lowest BCUT2D eigenvalue weighted by molar-refractivity contribution is -0.122. The van der Waals surface area contributed by atoms with E-state index in [4.69, 9.17) is 11.6 Å². The van der Waals surface area contributed by atoms with Crippen molar-refractivity contribution in [3.8, 4) is 0 Å². The zero-order chi connectivity index (χ0) is 20.6. The van der Waals surface area contributed by atoms with Gasteiger partial charge in [-0.3, -0.25) is 9.59 Å². The summed E-state index contributed by atoms with van der Waals surface area (Å²) in [5.74, 6) is 0.353. The van der Waals surface area contributed by atoms with Crippen LogP contribution in [0.5, 0.6) is 0 Å². The van der Waals surface area contributed by atoms with Gasteiger partial charge in [0.15, 0.2) is 0 Å². The van der Waals surface area contributed by atoms with Gasteiger partial charge in [-0.15, -0.1) is 0 Å². The van der Waals surface area contributed by atoms with Gasteiger partial charge in [0.05, 0.1) is 10.6 Å². The van der Waals surface area contributed by atoms with Gasteiger partial charge >= 0.3 is 0 Å². The summed E-state index contributed by atoms with van der Waals surface area (Å²) in [5.41, 5.74) is 1.27. The van der Waals surface area contributed by atoms with Crippen molar-refractivity contribution in [2.75, 3.05) is 18.0 Å². The molecule has 1 fully saturated rings. The van der Waals surface area contributed by atoms with Gasteiger partial charge in [0.1, 0.15) is 11.9 Å². The molecule has 6 nitrogen and oxygen atoms in total. The predicted octanol–water partition coefficient (Wildman–Crippen LogP) is 3.55. The van der Waals surface area contributed by atoms with E-state index in [1.807, 2.05) is 12.1 Å². The molecule has 0 bridgehead atoms. The van der Waals surface area contributed by atoms with Crippen molar-refractivity contribution in [1.82, 2.24) is 15.6 Å². The highest BCUT2D eigenvalue weighted by molar-refractivity contribution is 6.33. The van der Waals surface area contributed by atoms with E-state index in [9.17, 15) is 9.59 Å². The third kappa shape index (κ3) is 5.94. The van der Waals surface area contributed by atoms with Gasteiger partial charge in [-0.05, 0) is 43.5 Å². The van der Waals surface area contributed by atoms with Crippen LogP contribution in [0.15, 0.2) is 42.6 Å². The van der Waals surface area contributed by atoms with Gasteiger partial charge < -0.3 is 15.5 Å². The maximum absolute atomic E-state index is 12.3. The first-order valence-electron chi connectivity index (χ1n) is 10.1. The van der Waals surface area contributed by atoms with E-state index in [-0.39, 0.29) is 11.8 Å². The summed E-state index contributed by atoms with van der Waals surface area (Å²) in [4.78, 5) is 31.5. The molecule has 2 N–H and O–H groups in total. The summed E-state index contributed by atoms with van der Waals surface area (Å²) in [6.45, 7) is 4.10. The molecule has 1 aliphatic heterocycles. The molecule has 29 heavy (non-hydrogen) atoms. The minimum absolute atomic E-state index is 0.262. The van der Waals surface area contributed by atoms with Gasteiger partial charge in [-0.25, -0.2) is 4.98 Å². The van der Waals surface area contributed by atoms with Crippen molar-refractivity contribution >= 4 is 29.2 Å². The van der Waals surface area contributed by atoms with Gasteiger partial charge in [-0.2, -0.15) is 0 Å². The number of nitrogens with one attached hydrogen (secondary N) is 2. The smallest absolute Gasteiger partial charge is 0.253 e. The Labute approximate surface area is 176 Å². The van der Waals surface area contributed by atoms with E-state index in [2.05, 4.69) is 20.5 Å². The van der Waals surface area contributed by atoms with E-state index >= 15 is 0 Å². The first-order valence-corrected chi connectivity index (χ1v) is 10.5. The summed E-state index contributed by atoms with van der Waals surface area (Å²) >= 11 is 6.03. The Morgan fingerprint density at radius 3 is 2.48 bits per heavy atom. The average Bonchev–Trinajstić information content (AvgIpc) is 3.02. The third-order valence-corrected chi connectivity index (χ3v) is 5.39. The Hall–Kier alpha value is -2.60. The number of amides is 2. The SMILES string of the molecule is CC(NC(=O)c1ccccc1Cl)C(=O)NCc1ccc(N2CCCCCC2)nc1. The molecule has 1 unspecified atom stereocenters. The minimum Gasteiger partial charge on any atom is -0.357 e. The van der Waals surface area contributed by atoms with Crippen molar-refractivity contribution in [1.29, 1.82) is 0 Å². The standard InChI is InChI=1S/C22H27ClN4O2/c1-16(26-22(29)18-8-4-5-9-19(18)23)21(28)25-15-17-10-11-20(24-14-17)27-12-6-2-3-7-13-27/h4-5,8-11,14,16H,2-3,6-7,12-13,15H2,1H3,(H,25,28)(H,26,29). The Bertz CT molecular complexity index is 833. The second-order valence-corrected chi connectivity index (χ2v) is 7.73. The van der Waals surface area contributed by atoms with Crippen LogP contribution in [0.4, 0.5) is 5.82 Å². The molecule has 2 aromatic rings. The number of carbonyl (C=O) groups is 2. The van der Waals surface area contributed by atoms with Crippen LogP contribution in [-0.2, 0) is 11.3 Å². The van der Waals surface area contributed by atoms with Crippen molar-refractivity contribution in [3.05, 3.63) is 58.7 Å². The molecule has 0 aliphatic carbocycles. The number of benzene rings is 1. The molecular weight excluding hydrogens is 388 g/mol. The molecule has 7 heteroatoms. The van der Waals surface area contributed by atoms with Gasteiger partial charge in [0.2, 0.25) is 5.91 Å². The largest absolute Gasteiger partial charge is 0.357 e. The van der Waals surface area contributed by atoms with Crippen LogP contribution in [0, 0.1) is 0 Å². The first-order chi connectivity index (χ1) is 14.0. The molecule has 2 heterocycles. The van der Waals surface area contributed by atoms with E-state index in [0.29, 0.717) is 17.1 Å². The Morgan fingerprint density at radius 2 is 1.83 bits per heavy atom. The monoisotopic (exact) mass is 414 g/mol. The molecule has 1 saturated heterocycles. The normalized spacial score (nSPS) is 15.3. The fourth-order valence-corrected chi connectivity index (χ4v) is 3.56. The molecule has 1 aromatic carbocycles. The zero-order valence-corrected chi connectivity index (χ0v) is 17.4. The second kappa shape index (κ2) is 10.3. The Kier molecular flexibility index (Phi) is 7.47. The maximum Gasteiger partial charge on any atom is 0.253 e. The summed E-state index contributed by atoms with van der Waals surface area (Å²) in [5, 5.41) is 5.87. The van der Waals surface area contributed by atoms with Crippen LogP contribution in [0.1, 0.15) is 48.5 Å². The number of hydrogen-bond donors (Lipinski definition) is 2. The Morgan fingerprint density at radius 1 is 1.10 bits per heavy atom. The molecule has 0 spiro atoms. The number of carbonyl (C=O) groups excluding carboxylic acids is 2.